The largest absolute Gasteiger partial charge is 0.497 e. The Kier molecular flexibility index (Phi) is 5.87. The van der Waals surface area contributed by atoms with E-state index in [-0.39, 0.29) is 22.2 Å². The second-order valence-electron chi connectivity index (χ2n) is 6.65. The first-order valence-electron chi connectivity index (χ1n) is 9.42. The van der Waals surface area contributed by atoms with Crippen LogP contribution in [0.2, 0.25) is 5.02 Å². The van der Waals surface area contributed by atoms with Gasteiger partial charge in [-0.2, -0.15) is 9.78 Å². The quantitative estimate of drug-likeness (QED) is 0.224. The number of rotatable bonds is 6. The molecule has 32 heavy (non-hydrogen) atoms. The predicted octanol–water partition coefficient (Wildman–Crippen LogP) is 5.33. The van der Waals surface area contributed by atoms with Crippen LogP contribution in [0.15, 0.2) is 78.9 Å². The number of carbonyl (C=O) groups excluding carboxylic acids is 1. The maximum absolute atomic E-state index is 12.8. The Morgan fingerprint density at radius 2 is 1.75 bits per heavy atom. The number of aromatic nitrogens is 2. The van der Waals surface area contributed by atoms with E-state index in [1.807, 2.05) is 30.3 Å². The molecule has 0 saturated carbocycles. The monoisotopic (exact) mass is 449 g/mol. The fourth-order valence-electron chi connectivity index (χ4n) is 3.03. The number of nitrogens with zero attached hydrogens (tertiary/aromatic N) is 3. The Morgan fingerprint density at radius 3 is 2.38 bits per heavy atom. The molecule has 0 unspecified atom stereocenters. The summed E-state index contributed by atoms with van der Waals surface area (Å²) in [7, 11) is 1.57. The van der Waals surface area contributed by atoms with E-state index in [0.29, 0.717) is 17.1 Å². The normalized spacial score (nSPS) is 10.6. The minimum Gasteiger partial charge on any atom is -0.497 e. The zero-order valence-electron chi connectivity index (χ0n) is 16.8. The predicted molar refractivity (Wildman–Crippen MR) is 119 cm³/mol. The summed E-state index contributed by atoms with van der Waals surface area (Å²) in [6.07, 6.45) is 0. The number of nitro groups is 1. The van der Waals surface area contributed by atoms with Gasteiger partial charge in [0.15, 0.2) is 0 Å². The maximum Gasteiger partial charge on any atom is 0.346 e. The minimum atomic E-state index is -0.765. The van der Waals surface area contributed by atoms with Gasteiger partial charge >= 0.3 is 5.97 Å². The van der Waals surface area contributed by atoms with Crippen molar-refractivity contribution in [1.82, 2.24) is 9.78 Å². The molecule has 8 nitrogen and oxygen atoms in total. The molecule has 0 saturated heterocycles. The van der Waals surface area contributed by atoms with Gasteiger partial charge in [-0.25, -0.2) is 4.79 Å². The highest BCUT2D eigenvalue weighted by Gasteiger charge is 2.20. The van der Waals surface area contributed by atoms with E-state index >= 15 is 0 Å². The van der Waals surface area contributed by atoms with Crippen molar-refractivity contribution in [2.75, 3.05) is 7.11 Å². The highest BCUT2D eigenvalue weighted by molar-refractivity contribution is 6.33. The lowest BCUT2D eigenvalue weighted by Gasteiger charge is -2.09. The van der Waals surface area contributed by atoms with Crippen LogP contribution in [-0.4, -0.2) is 27.8 Å². The summed E-state index contributed by atoms with van der Waals surface area (Å²) >= 11 is 6.08. The molecule has 0 aliphatic heterocycles. The molecule has 0 radical (unpaired) electrons. The summed E-state index contributed by atoms with van der Waals surface area (Å²) in [5, 5.41) is 15.4. The minimum absolute atomic E-state index is 0.000934. The zero-order chi connectivity index (χ0) is 22.7. The number of hydrogen-bond donors (Lipinski definition) is 0. The average Bonchev–Trinajstić information content (AvgIpc) is 3.23. The van der Waals surface area contributed by atoms with Crippen LogP contribution >= 0.6 is 11.6 Å². The van der Waals surface area contributed by atoms with Crippen molar-refractivity contribution >= 4 is 23.3 Å². The molecule has 0 N–H and O–H groups in total. The van der Waals surface area contributed by atoms with Crippen molar-refractivity contribution in [1.29, 1.82) is 0 Å². The van der Waals surface area contributed by atoms with Crippen molar-refractivity contribution in [2.45, 2.75) is 0 Å². The van der Waals surface area contributed by atoms with Gasteiger partial charge in [0, 0.05) is 23.8 Å². The molecule has 0 amide bonds. The van der Waals surface area contributed by atoms with Crippen LogP contribution in [0, 0.1) is 10.1 Å². The molecule has 4 rings (SSSR count). The molecular weight excluding hydrogens is 434 g/mol. The van der Waals surface area contributed by atoms with Gasteiger partial charge in [0.2, 0.25) is 5.88 Å². The van der Waals surface area contributed by atoms with Crippen molar-refractivity contribution < 1.29 is 19.2 Å². The third-order valence-electron chi connectivity index (χ3n) is 4.64. The molecule has 160 valence electrons. The second-order valence-corrected chi connectivity index (χ2v) is 7.06. The fourth-order valence-corrected chi connectivity index (χ4v) is 3.28. The summed E-state index contributed by atoms with van der Waals surface area (Å²) in [5.41, 5.74) is 1.86. The number of methoxy groups -OCH3 is 1. The number of benzene rings is 3. The van der Waals surface area contributed by atoms with E-state index in [1.54, 1.807) is 37.4 Å². The summed E-state index contributed by atoms with van der Waals surface area (Å²) in [4.78, 5) is 23.1. The molecule has 0 aliphatic rings. The highest BCUT2D eigenvalue weighted by atomic mass is 35.5. The molecule has 0 aliphatic carbocycles. The molecular formula is C23H16ClN3O5. The molecule has 0 spiro atoms. The van der Waals surface area contributed by atoms with Crippen molar-refractivity contribution in [3.05, 3.63) is 99.6 Å². The first-order valence-corrected chi connectivity index (χ1v) is 9.80. The van der Waals surface area contributed by atoms with Crippen LogP contribution in [-0.2, 0) is 0 Å². The van der Waals surface area contributed by atoms with Gasteiger partial charge in [-0.15, -0.1) is 0 Å². The van der Waals surface area contributed by atoms with Crippen LogP contribution in [0.1, 0.15) is 10.4 Å². The molecule has 1 heterocycles. The Bertz CT molecular complexity index is 1290. The number of esters is 1. The number of carbonyl (C=O) groups is 1. The van der Waals surface area contributed by atoms with Crippen LogP contribution in [0.3, 0.4) is 0 Å². The molecule has 4 aromatic rings. The van der Waals surface area contributed by atoms with Gasteiger partial charge in [0.25, 0.3) is 5.69 Å². The van der Waals surface area contributed by atoms with Gasteiger partial charge in [0.1, 0.15) is 5.75 Å². The Balaban J connectivity index is 1.72. The number of hydrogen-bond acceptors (Lipinski definition) is 6. The first kappa shape index (κ1) is 21.1. The number of halogens is 1. The van der Waals surface area contributed by atoms with Gasteiger partial charge in [-0.1, -0.05) is 41.9 Å². The summed E-state index contributed by atoms with van der Waals surface area (Å²) in [5.74, 6) is 0.0630. The van der Waals surface area contributed by atoms with Crippen molar-refractivity contribution in [3.8, 4) is 28.6 Å². The molecule has 0 bridgehead atoms. The van der Waals surface area contributed by atoms with Gasteiger partial charge in [0.05, 0.1) is 34.0 Å². The van der Waals surface area contributed by atoms with Crippen molar-refractivity contribution in [2.24, 2.45) is 0 Å². The van der Waals surface area contributed by atoms with E-state index in [9.17, 15) is 14.9 Å². The van der Waals surface area contributed by atoms with Crippen LogP contribution in [0.25, 0.3) is 16.9 Å². The molecule has 1 aromatic heterocycles. The van der Waals surface area contributed by atoms with Gasteiger partial charge < -0.3 is 9.47 Å². The fraction of sp³-hybridized carbons (Fsp3) is 0.0435. The number of non-ortho nitro benzene ring substituents is 1. The topological polar surface area (TPSA) is 96.5 Å². The van der Waals surface area contributed by atoms with E-state index in [2.05, 4.69) is 5.10 Å². The lowest BCUT2D eigenvalue weighted by Crippen LogP contribution is -2.12. The maximum atomic E-state index is 12.8. The lowest BCUT2D eigenvalue weighted by molar-refractivity contribution is -0.384. The third-order valence-corrected chi connectivity index (χ3v) is 4.96. The van der Waals surface area contributed by atoms with Crippen molar-refractivity contribution in [3.63, 3.8) is 0 Å². The number of nitro benzene ring substituents is 1. The van der Waals surface area contributed by atoms with Gasteiger partial charge in [-0.05, 0) is 30.3 Å². The SMILES string of the molecule is COc1ccc(-n2nc(-c3ccccc3)cc2OC(=O)c2ccc([N+](=O)[O-])cc2Cl)cc1. The first-order chi connectivity index (χ1) is 15.5. The van der Waals surface area contributed by atoms with Gasteiger partial charge in [-0.3, -0.25) is 10.1 Å². The highest BCUT2D eigenvalue weighted by Crippen LogP contribution is 2.29. The average molecular weight is 450 g/mol. The smallest absolute Gasteiger partial charge is 0.346 e. The van der Waals surface area contributed by atoms with E-state index in [1.165, 1.54) is 16.8 Å². The van der Waals surface area contributed by atoms with Crippen LogP contribution < -0.4 is 9.47 Å². The zero-order valence-corrected chi connectivity index (χ0v) is 17.5. The van der Waals surface area contributed by atoms with E-state index in [4.69, 9.17) is 21.1 Å². The summed E-state index contributed by atoms with van der Waals surface area (Å²) in [6, 6.07) is 21.7. The summed E-state index contributed by atoms with van der Waals surface area (Å²) < 4.78 is 12.3. The summed E-state index contributed by atoms with van der Waals surface area (Å²) in [6.45, 7) is 0. The van der Waals surface area contributed by atoms with Crippen LogP contribution in [0.4, 0.5) is 5.69 Å². The standard InChI is InChI=1S/C23H16ClN3O5/c1-31-18-10-7-16(8-11-18)26-22(14-21(25-26)15-5-3-2-4-6-15)32-23(28)19-12-9-17(27(29)30)13-20(19)24/h2-14H,1H3. The molecule has 9 heteroatoms. The Hall–Kier alpha value is -4.17. The lowest BCUT2D eigenvalue weighted by atomic mass is 10.2. The molecule has 0 atom stereocenters. The van der Waals surface area contributed by atoms with Crippen LogP contribution in [0.5, 0.6) is 11.6 Å². The number of ether oxygens (including phenoxy) is 2. The third kappa shape index (κ3) is 4.30. The second kappa shape index (κ2) is 8.91. The Labute approximate surface area is 187 Å². The molecule has 3 aromatic carbocycles. The Morgan fingerprint density at radius 1 is 1.03 bits per heavy atom. The molecule has 0 fully saturated rings. The van der Waals surface area contributed by atoms with E-state index < -0.39 is 10.9 Å². The van der Waals surface area contributed by atoms with E-state index in [0.717, 1.165) is 11.6 Å².